The summed E-state index contributed by atoms with van der Waals surface area (Å²) in [5.41, 5.74) is 2.74. The van der Waals surface area contributed by atoms with E-state index in [2.05, 4.69) is 47.6 Å². The Balaban J connectivity index is 1.29. The van der Waals surface area contributed by atoms with Crippen LogP contribution in [0.5, 0.6) is 0 Å². The highest BCUT2D eigenvalue weighted by Gasteiger charge is 2.59. The van der Waals surface area contributed by atoms with Crippen LogP contribution in [0.4, 0.5) is 0 Å². The highest BCUT2D eigenvalue weighted by atomic mass is 16.5. The molecule has 0 radical (unpaired) electrons. The lowest BCUT2D eigenvalue weighted by Gasteiger charge is -2.58. The summed E-state index contributed by atoms with van der Waals surface area (Å²) in [6, 6.07) is 0. The number of hydrogen-bond acceptors (Lipinski definition) is 3. The van der Waals surface area contributed by atoms with Crippen molar-refractivity contribution in [2.75, 3.05) is 33.0 Å². The molecule has 0 spiro atoms. The van der Waals surface area contributed by atoms with Crippen LogP contribution >= 0.6 is 0 Å². The molecule has 0 amide bonds. The van der Waals surface area contributed by atoms with E-state index in [-0.39, 0.29) is 0 Å². The topological polar surface area (TPSA) is 27.7 Å². The maximum Gasteiger partial charge on any atom is 0.0704 e. The molecule has 4 aliphatic carbocycles. The zero-order valence-electron chi connectivity index (χ0n) is 25.4. The van der Waals surface area contributed by atoms with Gasteiger partial charge in [-0.3, -0.25) is 0 Å². The van der Waals surface area contributed by atoms with Crippen molar-refractivity contribution >= 4 is 0 Å². The van der Waals surface area contributed by atoms with Crippen molar-refractivity contribution < 1.29 is 14.2 Å². The second-order valence-corrected chi connectivity index (χ2v) is 14.3. The Kier molecular flexibility index (Phi) is 10.7. The predicted octanol–water partition coefficient (Wildman–Crippen LogP) is 8.86. The first kappa shape index (κ1) is 29.6. The fraction of sp³-hybridized carbons (Fsp3) is 0.941. The van der Waals surface area contributed by atoms with Gasteiger partial charge in [0.25, 0.3) is 0 Å². The third kappa shape index (κ3) is 6.68. The van der Waals surface area contributed by atoms with Gasteiger partial charge in [-0.15, -0.1) is 0 Å². The molecular formula is C34H60O3. The maximum atomic E-state index is 6.31. The minimum absolute atomic E-state index is 0.382. The van der Waals surface area contributed by atoms with E-state index in [1.165, 1.54) is 64.2 Å². The van der Waals surface area contributed by atoms with E-state index in [0.29, 0.717) is 43.4 Å². The van der Waals surface area contributed by atoms with E-state index in [0.717, 1.165) is 55.0 Å². The monoisotopic (exact) mass is 516 g/mol. The van der Waals surface area contributed by atoms with E-state index in [1.54, 1.807) is 5.57 Å². The van der Waals surface area contributed by atoms with Crippen LogP contribution in [0.2, 0.25) is 0 Å². The van der Waals surface area contributed by atoms with Gasteiger partial charge in [-0.05, 0) is 104 Å². The summed E-state index contributed by atoms with van der Waals surface area (Å²) in [5.74, 6) is 5.46. The van der Waals surface area contributed by atoms with Gasteiger partial charge in [0.1, 0.15) is 0 Å². The Labute approximate surface area is 229 Å². The second-order valence-electron chi connectivity index (χ2n) is 14.3. The van der Waals surface area contributed by atoms with Crippen molar-refractivity contribution in [2.45, 2.75) is 125 Å². The van der Waals surface area contributed by atoms with Crippen molar-refractivity contribution in [3.05, 3.63) is 11.6 Å². The summed E-state index contributed by atoms with van der Waals surface area (Å²) in [7, 11) is 0. The Morgan fingerprint density at radius 1 is 0.865 bits per heavy atom. The van der Waals surface area contributed by atoms with Gasteiger partial charge < -0.3 is 14.2 Å². The smallest absolute Gasteiger partial charge is 0.0704 e. The predicted molar refractivity (Wildman–Crippen MR) is 155 cm³/mol. The molecule has 0 aromatic rings. The number of fused-ring (bicyclic) bond motifs is 5. The highest BCUT2D eigenvalue weighted by Crippen LogP contribution is 2.67. The van der Waals surface area contributed by atoms with Gasteiger partial charge in [-0.1, -0.05) is 72.5 Å². The first-order chi connectivity index (χ1) is 17.8. The normalized spacial score (nSPS) is 38.1. The lowest BCUT2D eigenvalue weighted by molar-refractivity contribution is -0.0688. The molecule has 4 rings (SSSR count). The lowest BCUT2D eigenvalue weighted by atomic mass is 9.47. The molecule has 0 saturated heterocycles. The zero-order chi connectivity index (χ0) is 26.5. The van der Waals surface area contributed by atoms with E-state index in [1.807, 2.05) is 0 Å². The van der Waals surface area contributed by atoms with Crippen molar-refractivity contribution in [3.8, 4) is 0 Å². The third-order valence-corrected chi connectivity index (χ3v) is 11.6. The minimum atomic E-state index is 0.382. The molecule has 0 aromatic carbocycles. The molecule has 3 fully saturated rings. The molecular weight excluding hydrogens is 456 g/mol. The lowest BCUT2D eigenvalue weighted by Crippen LogP contribution is -2.51. The molecule has 37 heavy (non-hydrogen) atoms. The maximum absolute atomic E-state index is 6.31. The molecule has 0 heterocycles. The number of allylic oxidation sites excluding steroid dienone is 1. The first-order valence-electron chi connectivity index (χ1n) is 16.3. The average Bonchev–Trinajstić information content (AvgIpc) is 3.22. The Morgan fingerprint density at radius 3 is 2.38 bits per heavy atom. The number of rotatable bonds is 14. The van der Waals surface area contributed by atoms with Crippen molar-refractivity contribution in [1.82, 2.24) is 0 Å². The van der Waals surface area contributed by atoms with Gasteiger partial charge in [-0.2, -0.15) is 0 Å². The molecule has 0 aromatic heterocycles. The van der Waals surface area contributed by atoms with E-state index in [4.69, 9.17) is 14.2 Å². The van der Waals surface area contributed by atoms with Crippen LogP contribution < -0.4 is 0 Å². The van der Waals surface area contributed by atoms with Crippen LogP contribution in [-0.2, 0) is 14.2 Å². The summed E-state index contributed by atoms with van der Waals surface area (Å²) in [6.45, 7) is 18.4. The van der Waals surface area contributed by atoms with E-state index >= 15 is 0 Å². The molecule has 3 heteroatoms. The van der Waals surface area contributed by atoms with Crippen LogP contribution in [0.25, 0.3) is 0 Å². The summed E-state index contributed by atoms with van der Waals surface area (Å²) in [4.78, 5) is 0. The quantitative estimate of drug-likeness (QED) is 0.170. The standard InChI is InChI=1S/C34H60O3/c1-7-19-35-20-21-36-22-23-37-28-15-17-33(5)27(24-28)11-12-29-31-14-13-30(26(4)10-8-9-25(2)3)34(31,6)18-16-32(29)33/h11,25-26,28-32H,7-10,12-24H2,1-6H3/t26-,28?,29+,30-,31+,32+,33+,34-/m1/s1. The van der Waals surface area contributed by atoms with Crippen molar-refractivity contribution in [3.63, 3.8) is 0 Å². The van der Waals surface area contributed by atoms with Crippen molar-refractivity contribution in [1.29, 1.82) is 0 Å². The largest absolute Gasteiger partial charge is 0.379 e. The first-order valence-corrected chi connectivity index (χ1v) is 16.3. The third-order valence-electron chi connectivity index (χ3n) is 11.6. The average molecular weight is 517 g/mol. The van der Waals surface area contributed by atoms with Crippen LogP contribution in [0, 0.1) is 46.3 Å². The fourth-order valence-electron chi connectivity index (χ4n) is 9.53. The van der Waals surface area contributed by atoms with Gasteiger partial charge >= 0.3 is 0 Å². The van der Waals surface area contributed by atoms with Gasteiger partial charge in [0.2, 0.25) is 0 Å². The Bertz CT molecular complexity index is 731. The summed E-state index contributed by atoms with van der Waals surface area (Å²) in [5, 5.41) is 0. The molecule has 8 atom stereocenters. The molecule has 0 aliphatic heterocycles. The summed E-state index contributed by atoms with van der Waals surface area (Å²) >= 11 is 0. The van der Waals surface area contributed by atoms with Crippen LogP contribution in [0.3, 0.4) is 0 Å². The zero-order valence-corrected chi connectivity index (χ0v) is 25.4. The minimum Gasteiger partial charge on any atom is -0.379 e. The van der Waals surface area contributed by atoms with Crippen LogP contribution in [0.1, 0.15) is 119 Å². The fourth-order valence-corrected chi connectivity index (χ4v) is 9.53. The van der Waals surface area contributed by atoms with Crippen LogP contribution in [-0.4, -0.2) is 39.1 Å². The summed E-state index contributed by atoms with van der Waals surface area (Å²) < 4.78 is 17.5. The molecule has 3 nitrogen and oxygen atoms in total. The highest BCUT2D eigenvalue weighted by molar-refractivity contribution is 5.25. The Morgan fingerprint density at radius 2 is 1.62 bits per heavy atom. The Hall–Kier alpha value is -0.380. The molecule has 1 unspecified atom stereocenters. The van der Waals surface area contributed by atoms with Crippen molar-refractivity contribution in [2.24, 2.45) is 46.3 Å². The van der Waals surface area contributed by atoms with Gasteiger partial charge in [0.15, 0.2) is 0 Å². The van der Waals surface area contributed by atoms with E-state index in [9.17, 15) is 0 Å². The van der Waals surface area contributed by atoms with Gasteiger partial charge in [0.05, 0.1) is 32.5 Å². The molecule has 0 bridgehead atoms. The number of hydrogen-bond donors (Lipinski definition) is 0. The molecule has 0 N–H and O–H groups in total. The SMILES string of the molecule is CCCOCCOCCOC1CC[C@@]2(C)C(=CC[C@H]3[C@@H]4CC[C@H]([C@H](C)CCCC(C)C)[C@@]4(C)CC[C@@H]32)C1. The molecule has 4 aliphatic rings. The summed E-state index contributed by atoms with van der Waals surface area (Å²) in [6.07, 6.45) is 19.3. The van der Waals surface area contributed by atoms with Gasteiger partial charge in [-0.25, -0.2) is 0 Å². The van der Waals surface area contributed by atoms with Crippen LogP contribution in [0.15, 0.2) is 11.6 Å². The number of ether oxygens (including phenoxy) is 3. The molecule has 214 valence electrons. The second kappa shape index (κ2) is 13.3. The molecule has 3 saturated carbocycles. The van der Waals surface area contributed by atoms with E-state index < -0.39 is 0 Å². The van der Waals surface area contributed by atoms with Gasteiger partial charge in [0, 0.05) is 6.61 Å².